The van der Waals surface area contributed by atoms with E-state index in [9.17, 15) is 0 Å². The van der Waals surface area contributed by atoms with E-state index in [1.54, 1.807) is 12.4 Å². The second kappa shape index (κ2) is 5.26. The maximum Gasteiger partial charge on any atom is 0.0690 e. The van der Waals surface area contributed by atoms with E-state index in [4.69, 9.17) is 0 Å². The third-order valence-electron chi connectivity index (χ3n) is 3.65. The smallest absolute Gasteiger partial charge is 0.0690 e. The van der Waals surface area contributed by atoms with E-state index in [1.807, 2.05) is 0 Å². The van der Waals surface area contributed by atoms with Crippen LogP contribution in [-0.4, -0.2) is 39.4 Å². The van der Waals surface area contributed by atoms with Crippen LogP contribution in [0, 0.1) is 5.92 Å². The standard InChI is InChI=1S/C9H19N.C2H3N3/c1-8-6-5-7-10(4)9(8,2)3;1-2-4-5-3-1/h8H,5-7H2,1-4H3;1-2H,(H,3,4,5). The Morgan fingerprint density at radius 3 is 2.27 bits per heavy atom. The summed E-state index contributed by atoms with van der Waals surface area (Å²) in [5.74, 6) is 0.853. The van der Waals surface area contributed by atoms with Crippen molar-refractivity contribution in [2.75, 3.05) is 13.6 Å². The molecule has 1 aromatic heterocycles. The van der Waals surface area contributed by atoms with Gasteiger partial charge in [-0.05, 0) is 46.2 Å². The zero-order chi connectivity index (χ0) is 11.3. The molecule has 2 heterocycles. The van der Waals surface area contributed by atoms with Crippen molar-refractivity contribution < 1.29 is 0 Å². The summed E-state index contributed by atoms with van der Waals surface area (Å²) >= 11 is 0. The lowest BCUT2D eigenvalue weighted by Gasteiger charge is -2.44. The van der Waals surface area contributed by atoms with Crippen LogP contribution >= 0.6 is 0 Å². The van der Waals surface area contributed by atoms with E-state index >= 15 is 0 Å². The highest BCUT2D eigenvalue weighted by molar-refractivity contribution is 4.88. The molecule has 1 aliphatic rings. The van der Waals surface area contributed by atoms with Crippen molar-refractivity contribution in [3.05, 3.63) is 12.4 Å². The zero-order valence-electron chi connectivity index (χ0n) is 10.2. The average Bonchev–Trinajstić information content (AvgIpc) is 2.73. The fourth-order valence-electron chi connectivity index (χ4n) is 1.82. The van der Waals surface area contributed by atoms with Crippen LogP contribution in [0.15, 0.2) is 12.4 Å². The fourth-order valence-corrected chi connectivity index (χ4v) is 1.82. The van der Waals surface area contributed by atoms with Crippen LogP contribution in [0.1, 0.15) is 33.6 Å². The second-order valence-electron chi connectivity index (χ2n) is 4.77. The summed E-state index contributed by atoms with van der Waals surface area (Å²) in [6, 6.07) is 0. The Morgan fingerprint density at radius 2 is 1.93 bits per heavy atom. The molecule has 1 saturated heterocycles. The Bertz CT molecular complexity index is 226. The van der Waals surface area contributed by atoms with E-state index in [0.717, 1.165) is 5.92 Å². The third kappa shape index (κ3) is 3.30. The van der Waals surface area contributed by atoms with E-state index in [-0.39, 0.29) is 0 Å². The number of hydrogen-bond acceptors (Lipinski definition) is 3. The highest BCUT2D eigenvalue weighted by Crippen LogP contribution is 2.30. The molecule has 4 heteroatoms. The predicted octanol–water partition coefficient (Wildman–Crippen LogP) is 1.93. The van der Waals surface area contributed by atoms with E-state index in [2.05, 4.69) is 48.1 Å². The minimum absolute atomic E-state index is 0.429. The Kier molecular flexibility index (Phi) is 4.27. The van der Waals surface area contributed by atoms with Gasteiger partial charge in [0.05, 0.1) is 12.4 Å². The van der Waals surface area contributed by atoms with Crippen molar-refractivity contribution in [3.63, 3.8) is 0 Å². The molecular weight excluding hydrogens is 188 g/mol. The van der Waals surface area contributed by atoms with Crippen molar-refractivity contribution in [2.24, 2.45) is 5.92 Å². The number of rotatable bonds is 0. The lowest BCUT2D eigenvalue weighted by Crippen LogP contribution is -2.49. The minimum Gasteiger partial charge on any atom is -0.301 e. The van der Waals surface area contributed by atoms with Crippen LogP contribution in [0.3, 0.4) is 0 Å². The summed E-state index contributed by atoms with van der Waals surface area (Å²) < 4.78 is 0. The Labute approximate surface area is 92.1 Å². The highest BCUT2D eigenvalue weighted by atomic mass is 15.3. The number of hydrogen-bond donors (Lipinski definition) is 1. The number of likely N-dealkylation sites (tertiary alicyclic amines) is 1. The summed E-state index contributed by atoms with van der Waals surface area (Å²) in [4.78, 5) is 2.47. The van der Waals surface area contributed by atoms with Gasteiger partial charge in [0.25, 0.3) is 0 Å². The molecule has 15 heavy (non-hydrogen) atoms. The number of piperidine rings is 1. The minimum atomic E-state index is 0.429. The van der Waals surface area contributed by atoms with E-state index in [0.29, 0.717) is 5.54 Å². The molecule has 0 aromatic carbocycles. The highest BCUT2D eigenvalue weighted by Gasteiger charge is 2.32. The van der Waals surface area contributed by atoms with Gasteiger partial charge in [0, 0.05) is 5.54 Å². The van der Waals surface area contributed by atoms with Crippen LogP contribution < -0.4 is 0 Å². The molecule has 1 aliphatic heterocycles. The van der Waals surface area contributed by atoms with Crippen LogP contribution in [0.4, 0.5) is 0 Å². The molecular formula is C11H22N4. The van der Waals surface area contributed by atoms with Gasteiger partial charge in [0.2, 0.25) is 0 Å². The number of nitrogens with one attached hydrogen (secondary N) is 1. The zero-order valence-corrected chi connectivity index (χ0v) is 10.2. The normalized spacial score (nSPS) is 25.5. The number of H-pyrrole nitrogens is 1. The van der Waals surface area contributed by atoms with Gasteiger partial charge in [-0.25, -0.2) is 0 Å². The monoisotopic (exact) mass is 210 g/mol. The maximum atomic E-state index is 3.49. The molecule has 4 nitrogen and oxygen atoms in total. The third-order valence-corrected chi connectivity index (χ3v) is 3.65. The Balaban J connectivity index is 0.000000187. The van der Waals surface area contributed by atoms with Crippen molar-refractivity contribution in [2.45, 2.75) is 39.2 Å². The van der Waals surface area contributed by atoms with Gasteiger partial charge in [0.15, 0.2) is 0 Å². The summed E-state index contributed by atoms with van der Waals surface area (Å²) in [5, 5.41) is 9.33. The van der Waals surface area contributed by atoms with E-state index in [1.165, 1.54) is 19.4 Å². The summed E-state index contributed by atoms with van der Waals surface area (Å²) in [5.41, 5.74) is 0.429. The van der Waals surface area contributed by atoms with Gasteiger partial charge in [0.1, 0.15) is 0 Å². The van der Waals surface area contributed by atoms with Gasteiger partial charge in [-0.15, -0.1) is 0 Å². The van der Waals surface area contributed by atoms with Crippen LogP contribution in [0.2, 0.25) is 0 Å². The number of aromatic nitrogens is 3. The summed E-state index contributed by atoms with van der Waals surface area (Å²) in [7, 11) is 2.23. The molecule has 2 rings (SSSR count). The fraction of sp³-hybridized carbons (Fsp3) is 0.818. The Morgan fingerprint density at radius 1 is 1.33 bits per heavy atom. The van der Waals surface area contributed by atoms with E-state index < -0.39 is 0 Å². The Hall–Kier alpha value is -0.900. The largest absolute Gasteiger partial charge is 0.301 e. The van der Waals surface area contributed by atoms with Gasteiger partial charge < -0.3 is 4.90 Å². The van der Waals surface area contributed by atoms with Gasteiger partial charge >= 0.3 is 0 Å². The molecule has 0 saturated carbocycles. The molecule has 0 aliphatic carbocycles. The maximum absolute atomic E-state index is 3.49. The molecule has 1 unspecified atom stereocenters. The molecule has 1 aromatic rings. The first-order chi connectivity index (χ1) is 7.05. The van der Waals surface area contributed by atoms with Crippen LogP contribution in [0.5, 0.6) is 0 Å². The summed E-state index contributed by atoms with van der Waals surface area (Å²) in [6.45, 7) is 8.32. The number of aromatic amines is 1. The van der Waals surface area contributed by atoms with Gasteiger partial charge in [-0.2, -0.15) is 15.4 Å². The summed E-state index contributed by atoms with van der Waals surface area (Å²) in [6.07, 6.45) is 5.94. The van der Waals surface area contributed by atoms with Crippen molar-refractivity contribution in [1.29, 1.82) is 0 Å². The molecule has 0 bridgehead atoms. The number of nitrogens with zero attached hydrogens (tertiary/aromatic N) is 3. The topological polar surface area (TPSA) is 44.8 Å². The molecule has 0 spiro atoms. The van der Waals surface area contributed by atoms with Crippen LogP contribution in [0.25, 0.3) is 0 Å². The second-order valence-corrected chi connectivity index (χ2v) is 4.77. The molecule has 1 fully saturated rings. The van der Waals surface area contributed by atoms with Gasteiger partial charge in [-0.3, -0.25) is 0 Å². The molecule has 1 N–H and O–H groups in total. The van der Waals surface area contributed by atoms with Crippen molar-refractivity contribution in [3.8, 4) is 0 Å². The molecule has 0 amide bonds. The first-order valence-electron chi connectivity index (χ1n) is 5.56. The lowest BCUT2D eigenvalue weighted by molar-refractivity contribution is 0.0547. The SMILES string of the molecule is CC1CCCN(C)C1(C)C.c1cn[nH]n1. The molecule has 0 radical (unpaired) electrons. The first kappa shape index (κ1) is 12.2. The average molecular weight is 210 g/mol. The molecule has 1 atom stereocenters. The lowest BCUT2D eigenvalue weighted by atomic mass is 9.81. The van der Waals surface area contributed by atoms with Crippen molar-refractivity contribution in [1.82, 2.24) is 20.3 Å². The predicted molar refractivity (Wildman–Crippen MR) is 61.5 cm³/mol. The molecule has 86 valence electrons. The first-order valence-corrected chi connectivity index (χ1v) is 5.56. The van der Waals surface area contributed by atoms with Crippen LogP contribution in [-0.2, 0) is 0 Å². The van der Waals surface area contributed by atoms with Gasteiger partial charge in [-0.1, -0.05) is 6.92 Å². The quantitative estimate of drug-likeness (QED) is 0.711. The van der Waals surface area contributed by atoms with Crippen molar-refractivity contribution >= 4 is 0 Å².